The number of unbranched alkanes of at least 4 members (excludes halogenated alkanes) is 4. The van der Waals surface area contributed by atoms with Crippen LogP contribution < -0.4 is 5.32 Å². The summed E-state index contributed by atoms with van der Waals surface area (Å²) < 4.78 is 0. The molecule has 0 aromatic rings. The van der Waals surface area contributed by atoms with Gasteiger partial charge in [0, 0.05) is 12.6 Å². The predicted molar refractivity (Wildman–Crippen MR) is 78.9 cm³/mol. The van der Waals surface area contributed by atoms with E-state index in [4.69, 9.17) is 0 Å². The quantitative estimate of drug-likeness (QED) is 0.698. The minimum absolute atomic E-state index is 0.841. The molecule has 2 fully saturated rings. The zero-order valence-electron chi connectivity index (χ0n) is 12.3. The van der Waals surface area contributed by atoms with Crippen LogP contribution in [0.3, 0.4) is 0 Å². The zero-order valence-corrected chi connectivity index (χ0v) is 12.3. The second-order valence-electron chi connectivity index (χ2n) is 6.32. The summed E-state index contributed by atoms with van der Waals surface area (Å²) in [6, 6.07) is 0.841. The molecule has 106 valence electrons. The Labute approximate surface area is 114 Å². The van der Waals surface area contributed by atoms with Gasteiger partial charge >= 0.3 is 0 Å². The van der Waals surface area contributed by atoms with Crippen LogP contribution in [-0.2, 0) is 0 Å². The smallest absolute Gasteiger partial charge is 0.0108 e. The molecular formula is C16H32N2. The third-order valence-electron chi connectivity index (χ3n) is 4.79. The number of piperidine rings is 1. The minimum Gasteiger partial charge on any atom is -0.314 e. The predicted octanol–water partition coefficient (Wildman–Crippen LogP) is 3.42. The highest BCUT2D eigenvalue weighted by Crippen LogP contribution is 2.24. The van der Waals surface area contributed by atoms with Crippen molar-refractivity contribution in [2.45, 2.75) is 70.8 Å². The van der Waals surface area contributed by atoms with Gasteiger partial charge in [0.25, 0.3) is 0 Å². The first-order valence-corrected chi connectivity index (χ1v) is 8.36. The van der Waals surface area contributed by atoms with Crippen LogP contribution in [0.4, 0.5) is 0 Å². The maximum absolute atomic E-state index is 3.70. The second kappa shape index (κ2) is 8.16. The summed E-state index contributed by atoms with van der Waals surface area (Å²) in [5, 5.41) is 3.70. The summed E-state index contributed by atoms with van der Waals surface area (Å²) in [6.45, 7) is 7.64. The van der Waals surface area contributed by atoms with Gasteiger partial charge in [-0.1, -0.05) is 32.6 Å². The first kappa shape index (κ1) is 14.3. The molecule has 2 saturated heterocycles. The maximum Gasteiger partial charge on any atom is 0.0108 e. The van der Waals surface area contributed by atoms with Gasteiger partial charge in [-0.2, -0.15) is 0 Å². The molecule has 1 N–H and O–H groups in total. The molecule has 2 aliphatic heterocycles. The molecule has 0 saturated carbocycles. The van der Waals surface area contributed by atoms with Gasteiger partial charge in [0.1, 0.15) is 0 Å². The van der Waals surface area contributed by atoms with E-state index >= 15 is 0 Å². The summed E-state index contributed by atoms with van der Waals surface area (Å²) in [5.74, 6) is 0.942. The van der Waals surface area contributed by atoms with Gasteiger partial charge in [-0.3, -0.25) is 0 Å². The van der Waals surface area contributed by atoms with Crippen LogP contribution >= 0.6 is 0 Å². The maximum atomic E-state index is 3.70. The van der Waals surface area contributed by atoms with Gasteiger partial charge in [-0.25, -0.2) is 0 Å². The molecule has 0 amide bonds. The third-order valence-corrected chi connectivity index (χ3v) is 4.79. The molecule has 0 spiro atoms. The molecule has 2 unspecified atom stereocenters. The molecule has 18 heavy (non-hydrogen) atoms. The molecule has 0 radical (unpaired) electrons. The molecule has 0 aliphatic carbocycles. The van der Waals surface area contributed by atoms with Crippen LogP contribution in [0.15, 0.2) is 0 Å². The van der Waals surface area contributed by atoms with Gasteiger partial charge in [0.05, 0.1) is 0 Å². The Morgan fingerprint density at radius 2 is 1.94 bits per heavy atom. The van der Waals surface area contributed by atoms with Crippen molar-refractivity contribution < 1.29 is 0 Å². The van der Waals surface area contributed by atoms with Crippen molar-refractivity contribution >= 4 is 0 Å². The summed E-state index contributed by atoms with van der Waals surface area (Å²) in [5.41, 5.74) is 0. The Morgan fingerprint density at radius 1 is 1.06 bits per heavy atom. The lowest BCUT2D eigenvalue weighted by Gasteiger charge is -2.35. The number of likely N-dealkylation sites (tertiary alicyclic amines) is 1. The first-order valence-electron chi connectivity index (χ1n) is 8.36. The van der Waals surface area contributed by atoms with E-state index < -0.39 is 0 Å². The van der Waals surface area contributed by atoms with Crippen molar-refractivity contribution in [2.75, 3.05) is 26.2 Å². The standard InChI is InChI=1S/C16H32N2/c1-2-3-4-5-6-12-18-13-8-9-15(14-18)16-10-7-11-17-16/h15-17H,2-14H2,1H3. The Kier molecular flexibility index (Phi) is 6.50. The Hall–Kier alpha value is -0.0800. The van der Waals surface area contributed by atoms with Crippen LogP contribution in [0.1, 0.15) is 64.7 Å². The van der Waals surface area contributed by atoms with Crippen LogP contribution in [0.5, 0.6) is 0 Å². The molecule has 2 heterocycles. The average Bonchev–Trinajstić information content (AvgIpc) is 2.93. The molecule has 0 bridgehead atoms. The number of nitrogens with zero attached hydrogens (tertiary/aromatic N) is 1. The Morgan fingerprint density at radius 3 is 2.72 bits per heavy atom. The van der Waals surface area contributed by atoms with E-state index in [1.54, 1.807) is 0 Å². The van der Waals surface area contributed by atoms with E-state index in [9.17, 15) is 0 Å². The minimum atomic E-state index is 0.841. The summed E-state index contributed by atoms with van der Waals surface area (Å²) in [6.07, 6.45) is 12.8. The monoisotopic (exact) mass is 252 g/mol. The summed E-state index contributed by atoms with van der Waals surface area (Å²) >= 11 is 0. The summed E-state index contributed by atoms with van der Waals surface area (Å²) in [4.78, 5) is 2.74. The average molecular weight is 252 g/mol. The third kappa shape index (κ3) is 4.55. The van der Waals surface area contributed by atoms with Crippen LogP contribution in [0, 0.1) is 5.92 Å². The number of hydrogen-bond donors (Lipinski definition) is 1. The number of rotatable bonds is 7. The zero-order chi connectivity index (χ0) is 12.6. The molecule has 2 heteroatoms. The highest BCUT2D eigenvalue weighted by molar-refractivity contribution is 4.86. The van der Waals surface area contributed by atoms with Crippen molar-refractivity contribution in [1.29, 1.82) is 0 Å². The molecule has 2 atom stereocenters. The van der Waals surface area contributed by atoms with Crippen molar-refractivity contribution in [3.8, 4) is 0 Å². The van der Waals surface area contributed by atoms with Gasteiger partial charge in [-0.15, -0.1) is 0 Å². The number of hydrogen-bond acceptors (Lipinski definition) is 2. The van der Waals surface area contributed by atoms with Crippen molar-refractivity contribution in [3.63, 3.8) is 0 Å². The van der Waals surface area contributed by atoms with Gasteiger partial charge in [0.15, 0.2) is 0 Å². The van der Waals surface area contributed by atoms with Crippen LogP contribution in [0.2, 0.25) is 0 Å². The highest BCUT2D eigenvalue weighted by Gasteiger charge is 2.28. The van der Waals surface area contributed by atoms with Crippen molar-refractivity contribution in [2.24, 2.45) is 5.92 Å². The fourth-order valence-electron chi connectivity index (χ4n) is 3.68. The highest BCUT2D eigenvalue weighted by atomic mass is 15.1. The van der Waals surface area contributed by atoms with E-state index in [2.05, 4.69) is 17.1 Å². The second-order valence-corrected chi connectivity index (χ2v) is 6.32. The van der Waals surface area contributed by atoms with E-state index in [1.165, 1.54) is 84.0 Å². The Bertz CT molecular complexity index is 211. The lowest BCUT2D eigenvalue weighted by atomic mass is 9.89. The lowest BCUT2D eigenvalue weighted by Crippen LogP contribution is -2.43. The van der Waals surface area contributed by atoms with E-state index in [0.717, 1.165) is 12.0 Å². The van der Waals surface area contributed by atoms with Gasteiger partial charge < -0.3 is 10.2 Å². The topological polar surface area (TPSA) is 15.3 Å². The van der Waals surface area contributed by atoms with Gasteiger partial charge in [-0.05, 0) is 57.7 Å². The van der Waals surface area contributed by atoms with Gasteiger partial charge in [0.2, 0.25) is 0 Å². The van der Waals surface area contributed by atoms with Crippen LogP contribution in [0.25, 0.3) is 0 Å². The molecule has 2 aliphatic rings. The van der Waals surface area contributed by atoms with Crippen molar-refractivity contribution in [1.82, 2.24) is 10.2 Å². The SMILES string of the molecule is CCCCCCCN1CCCC(C2CCCN2)C1. The fourth-order valence-corrected chi connectivity index (χ4v) is 3.68. The molecule has 2 rings (SSSR count). The lowest BCUT2D eigenvalue weighted by molar-refractivity contribution is 0.149. The molecule has 0 aromatic carbocycles. The largest absolute Gasteiger partial charge is 0.314 e. The normalized spacial score (nSPS) is 29.8. The van der Waals surface area contributed by atoms with E-state index in [1.807, 2.05) is 0 Å². The molecule has 2 nitrogen and oxygen atoms in total. The van der Waals surface area contributed by atoms with E-state index in [-0.39, 0.29) is 0 Å². The van der Waals surface area contributed by atoms with Crippen LogP contribution in [-0.4, -0.2) is 37.1 Å². The first-order chi connectivity index (χ1) is 8.90. The fraction of sp³-hybridized carbons (Fsp3) is 1.00. The molecule has 0 aromatic heterocycles. The van der Waals surface area contributed by atoms with E-state index in [0.29, 0.717) is 0 Å². The number of nitrogens with one attached hydrogen (secondary N) is 1. The Balaban J connectivity index is 1.60. The summed E-state index contributed by atoms with van der Waals surface area (Å²) in [7, 11) is 0. The molecular weight excluding hydrogens is 220 g/mol. The van der Waals surface area contributed by atoms with Crippen molar-refractivity contribution in [3.05, 3.63) is 0 Å².